The van der Waals surface area contributed by atoms with Crippen LogP contribution in [0.5, 0.6) is 5.75 Å². The van der Waals surface area contributed by atoms with Gasteiger partial charge in [-0.3, -0.25) is 0 Å². The molecule has 0 spiro atoms. The third-order valence-electron chi connectivity index (χ3n) is 5.39. The average molecular weight is 411 g/mol. The van der Waals surface area contributed by atoms with E-state index in [0.717, 1.165) is 23.5 Å². The molecule has 1 aliphatic carbocycles. The zero-order valence-corrected chi connectivity index (χ0v) is 16.9. The summed E-state index contributed by atoms with van der Waals surface area (Å²) in [6, 6.07) is 12.1. The van der Waals surface area contributed by atoms with Crippen LogP contribution in [0.4, 0.5) is 5.69 Å². The molecule has 8 heteroatoms. The van der Waals surface area contributed by atoms with Gasteiger partial charge in [-0.05, 0) is 53.1 Å². The Labute approximate surface area is 164 Å². The lowest BCUT2D eigenvalue weighted by atomic mass is 10.0. The summed E-state index contributed by atoms with van der Waals surface area (Å²) in [5.74, 6) is 1.41. The number of benzene rings is 2. The van der Waals surface area contributed by atoms with Gasteiger partial charge in [-0.2, -0.15) is 0 Å². The number of hydrogen-bond donors (Lipinski definition) is 3. The molecule has 0 heterocycles. The molecule has 1 aliphatic rings. The molecule has 2 atom stereocenters. The number of rotatable bonds is 7. The summed E-state index contributed by atoms with van der Waals surface area (Å²) in [7, 11) is -2.23. The maximum atomic E-state index is 11.6. The molecule has 3 rings (SSSR count). The minimum Gasteiger partial charge on any atom is -0.495 e. The van der Waals surface area contributed by atoms with Gasteiger partial charge in [0.05, 0.1) is 17.7 Å². The van der Waals surface area contributed by atoms with Crippen molar-refractivity contribution in [2.45, 2.75) is 24.7 Å². The zero-order valence-electron chi connectivity index (χ0n) is 15.4. The first kappa shape index (κ1) is 19.9. The van der Waals surface area contributed by atoms with Crippen molar-refractivity contribution in [3.8, 4) is 5.75 Å². The Balaban J connectivity index is 1.73. The molecule has 3 N–H and O–H groups in total. The Kier molecular flexibility index (Phi) is 5.40. The minimum atomic E-state index is -3.85. The van der Waals surface area contributed by atoms with Crippen LogP contribution in [0.25, 0.3) is 0 Å². The van der Waals surface area contributed by atoms with Crippen LogP contribution in [-0.4, -0.2) is 27.3 Å². The van der Waals surface area contributed by atoms with Crippen molar-refractivity contribution in [1.29, 1.82) is 0 Å². The number of methoxy groups -OCH3 is 1. The number of ether oxygens (including phenoxy) is 1. The average Bonchev–Trinajstić information content (AvgIpc) is 3.20. The molecule has 0 amide bonds. The molecule has 0 aromatic heterocycles. The third kappa shape index (κ3) is 3.91. The molecule has 1 fully saturated rings. The molecule has 0 radical (unpaired) electrons. The topological polar surface area (TPSA) is 87.7 Å². The normalized spacial score (nSPS) is 20.9. The first-order valence-electron chi connectivity index (χ1n) is 8.54. The molecule has 146 valence electrons. The quantitative estimate of drug-likeness (QED) is 0.603. The first-order chi connectivity index (χ1) is 12.7. The van der Waals surface area contributed by atoms with E-state index in [2.05, 4.69) is 19.2 Å². The second kappa shape index (κ2) is 7.31. The van der Waals surface area contributed by atoms with Gasteiger partial charge < -0.3 is 15.3 Å². The Morgan fingerprint density at radius 3 is 2.44 bits per heavy atom. The number of anilines is 1. The Hall–Kier alpha value is -1.80. The van der Waals surface area contributed by atoms with E-state index in [0.29, 0.717) is 16.9 Å². The largest absolute Gasteiger partial charge is 0.495 e. The van der Waals surface area contributed by atoms with Gasteiger partial charge in [-0.15, -0.1) is 0 Å². The third-order valence-corrected chi connectivity index (χ3v) is 6.76. The Morgan fingerprint density at radius 1 is 1.19 bits per heavy atom. The van der Waals surface area contributed by atoms with E-state index in [1.54, 1.807) is 25.3 Å². The highest BCUT2D eigenvalue weighted by Crippen LogP contribution is 2.64. The van der Waals surface area contributed by atoms with Gasteiger partial charge in [0.25, 0.3) is 10.0 Å². The van der Waals surface area contributed by atoms with E-state index in [-0.39, 0.29) is 10.3 Å². The van der Waals surface area contributed by atoms with Crippen molar-refractivity contribution in [1.82, 2.24) is 4.89 Å². The molecule has 2 aromatic carbocycles. The van der Waals surface area contributed by atoms with Crippen molar-refractivity contribution in [2.75, 3.05) is 19.0 Å². The van der Waals surface area contributed by atoms with Gasteiger partial charge in [0.15, 0.2) is 0 Å². The van der Waals surface area contributed by atoms with Crippen molar-refractivity contribution < 1.29 is 18.4 Å². The van der Waals surface area contributed by atoms with Gasteiger partial charge in [0.1, 0.15) is 5.75 Å². The van der Waals surface area contributed by atoms with Gasteiger partial charge in [0, 0.05) is 11.6 Å². The standard InChI is InChI=1S/C19H23ClN2O4S/c1-19(2)15(11-21-16-10-13(20)6-9-17(16)26-3)18(19)12-4-7-14(8-5-12)27(24,25)22-23/h4-10,15,18,21-23H,11H2,1-3H3/t15-,18-/m1/s1. The second-order valence-corrected chi connectivity index (χ2v) is 9.39. The predicted octanol–water partition coefficient (Wildman–Crippen LogP) is 3.87. The van der Waals surface area contributed by atoms with Crippen LogP contribution >= 0.6 is 11.6 Å². The van der Waals surface area contributed by atoms with Crippen LogP contribution in [0.15, 0.2) is 47.4 Å². The summed E-state index contributed by atoms with van der Waals surface area (Å²) in [6.45, 7) is 5.13. The lowest BCUT2D eigenvalue weighted by Crippen LogP contribution is -2.19. The predicted molar refractivity (Wildman–Crippen MR) is 105 cm³/mol. The Morgan fingerprint density at radius 2 is 1.85 bits per heavy atom. The number of nitrogens with one attached hydrogen (secondary N) is 2. The van der Waals surface area contributed by atoms with E-state index < -0.39 is 10.0 Å². The summed E-state index contributed by atoms with van der Waals surface area (Å²) in [6.07, 6.45) is 0. The fourth-order valence-electron chi connectivity index (χ4n) is 3.73. The molecular formula is C19H23ClN2O4S. The molecule has 27 heavy (non-hydrogen) atoms. The fourth-order valence-corrected chi connectivity index (χ4v) is 4.50. The first-order valence-corrected chi connectivity index (χ1v) is 10.4. The number of sulfonamides is 1. The van der Waals surface area contributed by atoms with Gasteiger partial charge >= 0.3 is 0 Å². The molecule has 0 saturated heterocycles. The molecule has 6 nitrogen and oxygen atoms in total. The van der Waals surface area contributed by atoms with E-state index in [4.69, 9.17) is 21.5 Å². The Bertz CT molecular complexity index is 929. The van der Waals surface area contributed by atoms with E-state index >= 15 is 0 Å². The van der Waals surface area contributed by atoms with Gasteiger partial charge in [-0.1, -0.05) is 42.5 Å². The zero-order chi connectivity index (χ0) is 19.8. The van der Waals surface area contributed by atoms with E-state index in [9.17, 15) is 8.42 Å². The van der Waals surface area contributed by atoms with Gasteiger partial charge in [0.2, 0.25) is 0 Å². The van der Waals surface area contributed by atoms with Crippen LogP contribution < -0.4 is 14.9 Å². The summed E-state index contributed by atoms with van der Waals surface area (Å²) in [4.78, 5) is 1.37. The highest BCUT2D eigenvalue weighted by Gasteiger charge is 2.57. The monoisotopic (exact) mass is 410 g/mol. The summed E-state index contributed by atoms with van der Waals surface area (Å²) >= 11 is 6.08. The number of hydrogen-bond acceptors (Lipinski definition) is 5. The maximum absolute atomic E-state index is 11.6. The lowest BCUT2D eigenvalue weighted by Gasteiger charge is -2.12. The van der Waals surface area contributed by atoms with Crippen LogP contribution in [-0.2, 0) is 10.0 Å². The van der Waals surface area contributed by atoms with Crippen LogP contribution in [0.3, 0.4) is 0 Å². The van der Waals surface area contributed by atoms with Gasteiger partial charge in [-0.25, -0.2) is 8.42 Å². The SMILES string of the molecule is COc1ccc(Cl)cc1NC[C@@H]1[C@@H](c2ccc(S(=O)(=O)NO)cc2)C1(C)C. The summed E-state index contributed by atoms with van der Waals surface area (Å²) in [5.41, 5.74) is 2.00. The molecule has 2 aromatic rings. The van der Waals surface area contributed by atoms with Crippen LogP contribution in [0, 0.1) is 11.3 Å². The van der Waals surface area contributed by atoms with Crippen molar-refractivity contribution in [3.05, 3.63) is 53.1 Å². The van der Waals surface area contributed by atoms with Crippen molar-refractivity contribution in [2.24, 2.45) is 11.3 Å². The van der Waals surface area contributed by atoms with E-state index in [1.165, 1.54) is 17.0 Å². The maximum Gasteiger partial charge on any atom is 0.262 e. The van der Waals surface area contributed by atoms with Crippen LogP contribution in [0.2, 0.25) is 5.02 Å². The molecule has 0 unspecified atom stereocenters. The molecule has 0 bridgehead atoms. The smallest absolute Gasteiger partial charge is 0.262 e. The molecule has 1 saturated carbocycles. The number of halogens is 1. The highest BCUT2D eigenvalue weighted by atomic mass is 35.5. The fraction of sp³-hybridized carbons (Fsp3) is 0.368. The van der Waals surface area contributed by atoms with Crippen molar-refractivity contribution in [3.63, 3.8) is 0 Å². The second-order valence-electron chi connectivity index (χ2n) is 7.29. The summed E-state index contributed by atoms with van der Waals surface area (Å²) < 4.78 is 28.7. The summed E-state index contributed by atoms with van der Waals surface area (Å²) in [5, 5.41) is 12.8. The van der Waals surface area contributed by atoms with Crippen molar-refractivity contribution >= 4 is 27.3 Å². The highest BCUT2D eigenvalue weighted by molar-refractivity contribution is 7.89. The van der Waals surface area contributed by atoms with E-state index in [1.807, 2.05) is 12.1 Å². The molecular weight excluding hydrogens is 388 g/mol. The molecule has 0 aliphatic heterocycles. The lowest BCUT2D eigenvalue weighted by molar-refractivity contribution is 0.242. The minimum absolute atomic E-state index is 0.0329. The van der Waals surface area contributed by atoms with Crippen LogP contribution in [0.1, 0.15) is 25.3 Å².